The molecule has 0 radical (unpaired) electrons. The number of ketones is 1. The van der Waals surface area contributed by atoms with E-state index in [0.29, 0.717) is 0 Å². The summed E-state index contributed by atoms with van der Waals surface area (Å²) in [6, 6.07) is 0. The second-order valence-electron chi connectivity index (χ2n) is 2.18. The van der Waals surface area contributed by atoms with Crippen LogP contribution in [-0.2, 0) is 16.8 Å². The molecule has 0 aromatic heterocycles. The molecule has 0 amide bonds. The van der Waals surface area contributed by atoms with E-state index in [4.69, 9.17) is 3.87 Å². The van der Waals surface area contributed by atoms with E-state index in [1.165, 1.54) is 19.3 Å². The van der Waals surface area contributed by atoms with Gasteiger partial charge in [0.05, 0.1) is 12.8 Å². The first-order valence-corrected chi connectivity index (χ1v) is 3.41. The molecule has 2 heteroatoms. The Morgan fingerprint density at radius 3 is 2.12 bits per heavy atom. The third-order valence-corrected chi connectivity index (χ3v) is 1.76. The molecule has 0 atom stereocenters. The lowest BCUT2D eigenvalue weighted by Gasteiger charge is -2.03. The highest BCUT2D eigenvalue weighted by molar-refractivity contribution is 7.50. The van der Waals surface area contributed by atoms with Crippen LogP contribution in [0.2, 0.25) is 0 Å². The molecule has 1 rings (SSSR count). The monoisotopic (exact) mass is 130 g/mol. The van der Waals surface area contributed by atoms with Crippen LogP contribution >= 0.6 is 0 Å². The molecule has 0 saturated heterocycles. The Labute approximate surface area is 55.4 Å². The van der Waals surface area contributed by atoms with Crippen molar-refractivity contribution in [2.75, 3.05) is 0 Å². The van der Waals surface area contributed by atoms with Gasteiger partial charge in [-0.15, -0.1) is 0 Å². The van der Waals surface area contributed by atoms with Gasteiger partial charge in [-0.05, 0) is 12.8 Å². The zero-order chi connectivity index (χ0) is 5.82. The first-order chi connectivity index (χ1) is 3.93. The summed E-state index contributed by atoms with van der Waals surface area (Å²) in [6.07, 6.45) is 6.09. The Hall–Kier alpha value is -0.110. The first-order valence-electron chi connectivity index (χ1n) is 3.08. The fourth-order valence-electron chi connectivity index (χ4n) is 1.03. The van der Waals surface area contributed by atoms with E-state index in [9.17, 15) is 0 Å². The number of rotatable bonds is 0. The molecule has 1 nitrogen and oxygen atoms in total. The smallest absolute Gasteiger partial charge is 0.276 e. The summed E-state index contributed by atoms with van der Waals surface area (Å²) >= 11 is 4.43. The molecule has 8 heavy (non-hydrogen) atoms. The van der Waals surface area contributed by atoms with Gasteiger partial charge in [-0.3, -0.25) is 0 Å². The SMILES string of the molecule is [S-][O+]=C1CCCCC1. The lowest BCUT2D eigenvalue weighted by molar-refractivity contribution is -0.246. The van der Waals surface area contributed by atoms with Gasteiger partial charge < -0.3 is 3.87 Å². The fraction of sp³-hybridized carbons (Fsp3) is 0.833. The van der Waals surface area contributed by atoms with Crippen LogP contribution in [0.4, 0.5) is 0 Å². The normalized spacial score (nSPS) is 20.8. The molecular weight excluding hydrogens is 120 g/mol. The molecular formula is C6H10OS. The van der Waals surface area contributed by atoms with Gasteiger partial charge in [0.25, 0.3) is 5.78 Å². The molecule has 0 aliphatic heterocycles. The Morgan fingerprint density at radius 1 is 1.12 bits per heavy atom. The predicted octanol–water partition coefficient (Wildman–Crippen LogP) is 1.52. The van der Waals surface area contributed by atoms with Crippen LogP contribution in [0.5, 0.6) is 0 Å². The van der Waals surface area contributed by atoms with E-state index in [-0.39, 0.29) is 0 Å². The van der Waals surface area contributed by atoms with E-state index >= 15 is 0 Å². The molecule has 0 aromatic carbocycles. The second-order valence-corrected chi connectivity index (χ2v) is 2.35. The number of carbonyl (C=O) groups excluding carboxylic acids is 1. The summed E-state index contributed by atoms with van der Waals surface area (Å²) in [6.45, 7) is 0. The van der Waals surface area contributed by atoms with Crippen molar-refractivity contribution in [3.8, 4) is 0 Å². The summed E-state index contributed by atoms with van der Waals surface area (Å²) in [5.41, 5.74) is 0. The third kappa shape index (κ3) is 1.44. The number of hydrogen-bond donors (Lipinski definition) is 0. The number of hydrogen-bond acceptors (Lipinski definition) is 1. The summed E-state index contributed by atoms with van der Waals surface area (Å²) in [7, 11) is 0. The van der Waals surface area contributed by atoms with Crippen molar-refractivity contribution in [2.24, 2.45) is 0 Å². The van der Waals surface area contributed by atoms with Crippen LogP contribution in [0.3, 0.4) is 0 Å². The minimum Gasteiger partial charge on any atom is -0.357 e. The second kappa shape index (κ2) is 3.02. The van der Waals surface area contributed by atoms with Crippen molar-refractivity contribution in [2.45, 2.75) is 32.1 Å². The molecule has 0 N–H and O–H groups in total. The molecule has 1 fully saturated rings. The standard InChI is InChI=1S/C6H10OS/c8-7-6-4-2-1-3-5-6/h1-5H2. The molecule has 0 heterocycles. The Balaban J connectivity index is 2.33. The van der Waals surface area contributed by atoms with Crippen molar-refractivity contribution in [1.29, 1.82) is 0 Å². The van der Waals surface area contributed by atoms with Crippen molar-refractivity contribution in [3.05, 3.63) is 0 Å². The fourth-order valence-corrected chi connectivity index (χ4v) is 1.20. The van der Waals surface area contributed by atoms with E-state index < -0.39 is 0 Å². The van der Waals surface area contributed by atoms with Gasteiger partial charge in [-0.2, -0.15) is 0 Å². The maximum absolute atomic E-state index is 4.69. The van der Waals surface area contributed by atoms with Crippen LogP contribution in [0.25, 0.3) is 0 Å². The average Bonchev–Trinajstić information content (AvgIpc) is 1.90. The molecule has 46 valence electrons. The van der Waals surface area contributed by atoms with Crippen molar-refractivity contribution < 1.29 is 3.87 Å². The average molecular weight is 130 g/mol. The Morgan fingerprint density at radius 2 is 1.75 bits per heavy atom. The molecule has 1 aliphatic carbocycles. The van der Waals surface area contributed by atoms with E-state index in [2.05, 4.69) is 12.9 Å². The Kier molecular flexibility index (Phi) is 2.27. The van der Waals surface area contributed by atoms with E-state index in [1.54, 1.807) is 0 Å². The minimum atomic E-state index is 1.10. The molecule has 0 aromatic rings. The van der Waals surface area contributed by atoms with Crippen LogP contribution in [0.1, 0.15) is 32.1 Å². The molecule has 0 bridgehead atoms. The lowest BCUT2D eigenvalue weighted by Crippen LogP contribution is -2.05. The van der Waals surface area contributed by atoms with Gasteiger partial charge in [0.15, 0.2) is 0 Å². The highest BCUT2D eigenvalue weighted by atomic mass is 32.1. The largest absolute Gasteiger partial charge is 0.357 e. The van der Waals surface area contributed by atoms with Gasteiger partial charge >= 0.3 is 0 Å². The van der Waals surface area contributed by atoms with Crippen LogP contribution in [0.15, 0.2) is 0 Å². The zero-order valence-corrected chi connectivity index (χ0v) is 5.67. The molecule has 1 saturated carbocycles. The first kappa shape index (κ1) is 6.02. The minimum absolute atomic E-state index is 1.10. The molecule has 0 spiro atoms. The van der Waals surface area contributed by atoms with Crippen LogP contribution < -0.4 is 0 Å². The zero-order valence-electron chi connectivity index (χ0n) is 4.85. The van der Waals surface area contributed by atoms with Gasteiger partial charge in [0.2, 0.25) is 0 Å². The topological polar surface area (TPSA) is 11.3 Å². The summed E-state index contributed by atoms with van der Waals surface area (Å²) < 4.78 is 4.69. The summed E-state index contributed by atoms with van der Waals surface area (Å²) in [5, 5.41) is 0. The molecule has 1 aliphatic rings. The summed E-state index contributed by atoms with van der Waals surface area (Å²) in [5.74, 6) is 1.12. The summed E-state index contributed by atoms with van der Waals surface area (Å²) in [4.78, 5) is 0. The maximum atomic E-state index is 4.69. The predicted molar refractivity (Wildman–Crippen MR) is 35.5 cm³/mol. The van der Waals surface area contributed by atoms with Crippen molar-refractivity contribution in [1.82, 2.24) is 0 Å². The highest BCUT2D eigenvalue weighted by Gasteiger charge is 2.12. The van der Waals surface area contributed by atoms with E-state index in [1.807, 2.05) is 0 Å². The quantitative estimate of drug-likeness (QED) is 0.357. The lowest BCUT2D eigenvalue weighted by atomic mass is 10.00. The Bertz CT molecular complexity index is 90.7. The van der Waals surface area contributed by atoms with Gasteiger partial charge in [0.1, 0.15) is 0 Å². The van der Waals surface area contributed by atoms with Crippen molar-refractivity contribution in [3.63, 3.8) is 0 Å². The van der Waals surface area contributed by atoms with Gasteiger partial charge in [-0.25, -0.2) is 12.9 Å². The van der Waals surface area contributed by atoms with Crippen LogP contribution in [0, 0.1) is 0 Å². The van der Waals surface area contributed by atoms with Gasteiger partial charge in [-0.1, -0.05) is 6.42 Å². The third-order valence-electron chi connectivity index (χ3n) is 1.53. The van der Waals surface area contributed by atoms with E-state index in [0.717, 1.165) is 18.6 Å². The van der Waals surface area contributed by atoms with Crippen molar-refractivity contribution >= 4 is 18.7 Å². The van der Waals surface area contributed by atoms with Gasteiger partial charge in [0, 0.05) is 0 Å². The van der Waals surface area contributed by atoms with Crippen LogP contribution in [-0.4, -0.2) is 5.78 Å². The highest BCUT2D eigenvalue weighted by Crippen LogP contribution is 2.13. The molecule has 0 unspecified atom stereocenters. The maximum Gasteiger partial charge on any atom is 0.276 e.